The molecule has 3 saturated carbocycles. The second-order valence-electron chi connectivity index (χ2n) is 9.89. The molecule has 0 spiro atoms. The summed E-state index contributed by atoms with van der Waals surface area (Å²) in [6.07, 6.45) is 20.3. The van der Waals surface area contributed by atoms with Gasteiger partial charge in [0.1, 0.15) is 0 Å². The van der Waals surface area contributed by atoms with Crippen LogP contribution in [-0.4, -0.2) is 11.7 Å². The fourth-order valence-electron chi connectivity index (χ4n) is 7.00. The molecular weight excluding hydrogens is 304 g/mol. The normalized spacial score (nSPS) is 43.1. The second-order valence-corrected chi connectivity index (χ2v) is 9.89. The fraction of sp³-hybridized carbons (Fsp3) is 1.00. The van der Waals surface area contributed by atoms with Gasteiger partial charge < -0.3 is 5.11 Å². The molecule has 3 aliphatic carbocycles. The van der Waals surface area contributed by atoms with E-state index in [1.807, 2.05) is 0 Å². The lowest BCUT2D eigenvalue weighted by Crippen LogP contribution is -2.35. The molecule has 3 atom stereocenters. The van der Waals surface area contributed by atoms with Crippen LogP contribution in [0.15, 0.2) is 0 Å². The van der Waals surface area contributed by atoms with E-state index in [4.69, 9.17) is 0 Å². The Morgan fingerprint density at radius 1 is 0.640 bits per heavy atom. The zero-order valence-corrected chi connectivity index (χ0v) is 17.1. The van der Waals surface area contributed by atoms with Crippen LogP contribution >= 0.6 is 0 Å². The molecule has 0 amide bonds. The highest BCUT2D eigenvalue weighted by Crippen LogP contribution is 2.49. The van der Waals surface area contributed by atoms with Crippen LogP contribution in [0.5, 0.6) is 0 Å². The number of hydrogen-bond acceptors (Lipinski definition) is 1. The molecule has 146 valence electrons. The van der Waals surface area contributed by atoms with Gasteiger partial charge in [-0.15, -0.1) is 0 Å². The van der Waals surface area contributed by atoms with Gasteiger partial charge in [0.05, 0.1) is 0 Å². The Kier molecular flexibility index (Phi) is 7.70. The predicted molar refractivity (Wildman–Crippen MR) is 108 cm³/mol. The maximum Gasteiger partial charge on any atom is 0.0433 e. The number of hydrogen-bond donors (Lipinski definition) is 1. The summed E-state index contributed by atoms with van der Waals surface area (Å²) in [5.41, 5.74) is 0. The quantitative estimate of drug-likeness (QED) is 0.557. The first-order valence-corrected chi connectivity index (χ1v) is 11.9. The summed E-state index contributed by atoms with van der Waals surface area (Å²) < 4.78 is 0. The molecule has 3 rings (SSSR count). The van der Waals surface area contributed by atoms with Crippen molar-refractivity contribution in [2.24, 2.45) is 41.4 Å². The van der Waals surface area contributed by atoms with E-state index in [2.05, 4.69) is 13.8 Å². The third-order valence-corrected chi connectivity index (χ3v) is 8.78. The first kappa shape index (κ1) is 19.7. The van der Waals surface area contributed by atoms with Crippen LogP contribution < -0.4 is 0 Å². The van der Waals surface area contributed by atoms with E-state index in [1.165, 1.54) is 70.6 Å². The van der Waals surface area contributed by atoms with Gasteiger partial charge >= 0.3 is 0 Å². The molecule has 1 N–H and O–H groups in total. The van der Waals surface area contributed by atoms with E-state index in [0.29, 0.717) is 6.61 Å². The van der Waals surface area contributed by atoms with Crippen molar-refractivity contribution >= 4 is 0 Å². The summed E-state index contributed by atoms with van der Waals surface area (Å²) >= 11 is 0. The van der Waals surface area contributed by atoms with E-state index >= 15 is 0 Å². The highest BCUT2D eigenvalue weighted by atomic mass is 16.3. The third-order valence-electron chi connectivity index (χ3n) is 8.78. The standard InChI is InChI=1S/C24H44O/c1-3-18-5-9-21(10-6-18)23-13-14-24(20(4-2)17-23)22-11-7-19(8-12-22)15-16-25/h18-25H,3-17H2,1-2H3. The van der Waals surface area contributed by atoms with Gasteiger partial charge in [-0.1, -0.05) is 52.4 Å². The van der Waals surface area contributed by atoms with Crippen LogP contribution in [0.2, 0.25) is 0 Å². The number of aliphatic hydroxyl groups excluding tert-OH is 1. The lowest BCUT2D eigenvalue weighted by atomic mass is 9.60. The van der Waals surface area contributed by atoms with Gasteiger partial charge in [-0.2, -0.15) is 0 Å². The average molecular weight is 349 g/mol. The molecular formula is C24H44O. The zero-order valence-electron chi connectivity index (χ0n) is 17.1. The zero-order chi connectivity index (χ0) is 17.6. The molecule has 1 heteroatoms. The minimum absolute atomic E-state index is 0.401. The summed E-state index contributed by atoms with van der Waals surface area (Å²) in [6.45, 7) is 5.25. The van der Waals surface area contributed by atoms with Crippen LogP contribution in [0.25, 0.3) is 0 Å². The van der Waals surface area contributed by atoms with Gasteiger partial charge in [-0.3, -0.25) is 0 Å². The van der Waals surface area contributed by atoms with Gasteiger partial charge in [-0.25, -0.2) is 0 Å². The SMILES string of the molecule is CCC1CCC(C2CCC(C3CCC(CCO)CC3)C(CC)C2)CC1. The molecule has 25 heavy (non-hydrogen) atoms. The molecule has 1 nitrogen and oxygen atoms in total. The van der Waals surface area contributed by atoms with Crippen LogP contribution in [0, 0.1) is 41.4 Å². The Balaban J connectivity index is 1.49. The number of rotatable bonds is 6. The van der Waals surface area contributed by atoms with Gasteiger partial charge in [0.15, 0.2) is 0 Å². The second kappa shape index (κ2) is 9.77. The Morgan fingerprint density at radius 3 is 1.84 bits per heavy atom. The molecule has 3 aliphatic rings. The Bertz CT molecular complexity index is 362. The fourth-order valence-corrected chi connectivity index (χ4v) is 7.00. The van der Waals surface area contributed by atoms with Crippen molar-refractivity contribution in [1.29, 1.82) is 0 Å². The van der Waals surface area contributed by atoms with Crippen molar-refractivity contribution in [3.63, 3.8) is 0 Å². The van der Waals surface area contributed by atoms with Crippen molar-refractivity contribution in [2.45, 2.75) is 104 Å². The average Bonchev–Trinajstić information content (AvgIpc) is 2.68. The Hall–Kier alpha value is -0.0400. The highest BCUT2D eigenvalue weighted by Gasteiger charge is 2.38. The molecule has 3 fully saturated rings. The maximum absolute atomic E-state index is 9.20. The summed E-state index contributed by atoms with van der Waals surface area (Å²) in [7, 11) is 0. The van der Waals surface area contributed by atoms with Gasteiger partial charge in [0.25, 0.3) is 0 Å². The first-order valence-electron chi connectivity index (χ1n) is 11.9. The van der Waals surface area contributed by atoms with E-state index in [-0.39, 0.29) is 0 Å². The highest BCUT2D eigenvalue weighted by molar-refractivity contribution is 4.89. The molecule has 0 saturated heterocycles. The van der Waals surface area contributed by atoms with Crippen molar-refractivity contribution < 1.29 is 5.11 Å². The topological polar surface area (TPSA) is 20.2 Å². The molecule has 0 heterocycles. The van der Waals surface area contributed by atoms with E-state index in [1.54, 1.807) is 12.8 Å². The molecule has 0 aromatic heterocycles. The smallest absolute Gasteiger partial charge is 0.0433 e. The van der Waals surface area contributed by atoms with Crippen LogP contribution in [0.1, 0.15) is 104 Å². The van der Waals surface area contributed by atoms with E-state index < -0.39 is 0 Å². The lowest BCUT2D eigenvalue weighted by Gasteiger charge is -2.45. The summed E-state index contributed by atoms with van der Waals surface area (Å²) in [6, 6.07) is 0. The number of aliphatic hydroxyl groups is 1. The van der Waals surface area contributed by atoms with Crippen molar-refractivity contribution in [1.82, 2.24) is 0 Å². The van der Waals surface area contributed by atoms with Crippen LogP contribution in [-0.2, 0) is 0 Å². The van der Waals surface area contributed by atoms with Crippen LogP contribution in [0.3, 0.4) is 0 Å². The molecule has 0 aromatic carbocycles. The van der Waals surface area contributed by atoms with Crippen LogP contribution in [0.4, 0.5) is 0 Å². The summed E-state index contributed by atoms with van der Waals surface area (Å²) in [5.74, 6) is 7.06. The molecule has 0 radical (unpaired) electrons. The van der Waals surface area contributed by atoms with Crippen molar-refractivity contribution in [3.8, 4) is 0 Å². The minimum Gasteiger partial charge on any atom is -0.396 e. The first-order chi connectivity index (χ1) is 12.2. The Morgan fingerprint density at radius 2 is 1.24 bits per heavy atom. The van der Waals surface area contributed by atoms with E-state index in [9.17, 15) is 5.11 Å². The molecule has 0 bridgehead atoms. The molecule has 0 aromatic rings. The lowest BCUT2D eigenvalue weighted by molar-refractivity contribution is 0.0513. The minimum atomic E-state index is 0.401. The predicted octanol–water partition coefficient (Wildman–Crippen LogP) is 6.83. The van der Waals surface area contributed by atoms with E-state index in [0.717, 1.165) is 47.8 Å². The van der Waals surface area contributed by atoms with Gasteiger partial charge in [0.2, 0.25) is 0 Å². The third kappa shape index (κ3) is 5.02. The monoisotopic (exact) mass is 348 g/mol. The molecule has 3 unspecified atom stereocenters. The Labute approximate surface area is 157 Å². The van der Waals surface area contributed by atoms with Gasteiger partial charge in [0, 0.05) is 6.61 Å². The largest absolute Gasteiger partial charge is 0.396 e. The summed E-state index contributed by atoms with van der Waals surface area (Å²) in [5, 5.41) is 9.20. The van der Waals surface area contributed by atoms with Crippen molar-refractivity contribution in [3.05, 3.63) is 0 Å². The summed E-state index contributed by atoms with van der Waals surface area (Å²) in [4.78, 5) is 0. The maximum atomic E-state index is 9.20. The van der Waals surface area contributed by atoms with Gasteiger partial charge in [-0.05, 0) is 92.8 Å². The van der Waals surface area contributed by atoms with Crippen molar-refractivity contribution in [2.75, 3.05) is 6.61 Å². The molecule has 0 aliphatic heterocycles.